The van der Waals surface area contributed by atoms with Crippen LogP contribution in [0.3, 0.4) is 0 Å². The fraction of sp³-hybridized carbons (Fsp3) is 0.438. The Bertz CT molecular complexity index is 654. The van der Waals surface area contributed by atoms with Gasteiger partial charge in [0, 0.05) is 5.56 Å². The van der Waals surface area contributed by atoms with Gasteiger partial charge in [0.15, 0.2) is 5.75 Å². The number of piperidine rings is 1. The fourth-order valence-electron chi connectivity index (χ4n) is 2.75. The maximum absolute atomic E-state index is 12.9. The van der Waals surface area contributed by atoms with Crippen LogP contribution in [0.2, 0.25) is 0 Å². The highest BCUT2D eigenvalue weighted by Crippen LogP contribution is 2.32. The van der Waals surface area contributed by atoms with Gasteiger partial charge in [0.25, 0.3) is 0 Å². The van der Waals surface area contributed by atoms with Gasteiger partial charge >= 0.3 is 6.18 Å². The van der Waals surface area contributed by atoms with E-state index in [4.69, 9.17) is 4.74 Å². The summed E-state index contributed by atoms with van der Waals surface area (Å²) in [6, 6.07) is 5.77. The zero-order chi connectivity index (χ0) is 16.3. The van der Waals surface area contributed by atoms with Crippen molar-refractivity contribution in [2.45, 2.75) is 31.7 Å². The molecule has 0 bridgehead atoms. The number of benzene rings is 1. The molecular formula is C16H19ClF3N3O. The number of halogens is 4. The summed E-state index contributed by atoms with van der Waals surface area (Å²) >= 11 is 0. The van der Waals surface area contributed by atoms with Crippen molar-refractivity contribution in [3.8, 4) is 5.75 Å². The second-order valence-corrected chi connectivity index (χ2v) is 5.58. The largest absolute Gasteiger partial charge is 0.486 e. The van der Waals surface area contributed by atoms with Gasteiger partial charge in [-0.1, -0.05) is 18.2 Å². The van der Waals surface area contributed by atoms with Gasteiger partial charge in [-0.3, -0.25) is 4.68 Å². The molecule has 0 atom stereocenters. The standard InChI is InChI=1S/C16H18F3N3O.ClH/c17-16(18,19)15-4-2-1-3-12(15)11-23-14-9-21-22(10-14)13-5-7-20-8-6-13;/h1-4,9-10,13,20H,5-8,11H2;1H. The monoisotopic (exact) mass is 361 g/mol. The van der Waals surface area contributed by atoms with Crippen LogP contribution >= 0.6 is 12.4 Å². The first-order valence-corrected chi connectivity index (χ1v) is 7.57. The third-order valence-electron chi connectivity index (χ3n) is 3.98. The topological polar surface area (TPSA) is 39.1 Å². The number of nitrogens with one attached hydrogen (secondary N) is 1. The lowest BCUT2D eigenvalue weighted by Gasteiger charge is -2.22. The van der Waals surface area contributed by atoms with Crippen LogP contribution < -0.4 is 10.1 Å². The van der Waals surface area contributed by atoms with Crippen LogP contribution in [-0.4, -0.2) is 22.9 Å². The molecule has 0 unspecified atom stereocenters. The third kappa shape index (κ3) is 4.42. The molecule has 1 aromatic carbocycles. The molecular weight excluding hydrogens is 343 g/mol. The average molecular weight is 362 g/mol. The first-order chi connectivity index (χ1) is 11.0. The molecule has 0 amide bonds. The van der Waals surface area contributed by atoms with Gasteiger partial charge in [-0.2, -0.15) is 18.3 Å². The van der Waals surface area contributed by atoms with E-state index < -0.39 is 11.7 Å². The average Bonchev–Trinajstić information content (AvgIpc) is 3.02. The van der Waals surface area contributed by atoms with E-state index >= 15 is 0 Å². The van der Waals surface area contributed by atoms with Crippen LogP contribution in [0.1, 0.15) is 30.0 Å². The molecule has 0 radical (unpaired) electrons. The maximum atomic E-state index is 12.9. The van der Waals surface area contributed by atoms with E-state index in [0.29, 0.717) is 11.8 Å². The van der Waals surface area contributed by atoms with E-state index in [0.717, 1.165) is 32.0 Å². The Labute approximate surface area is 144 Å². The molecule has 4 nitrogen and oxygen atoms in total. The minimum Gasteiger partial charge on any atom is -0.486 e. The summed E-state index contributed by atoms with van der Waals surface area (Å²) in [6.45, 7) is 1.76. The van der Waals surface area contributed by atoms with Gasteiger partial charge < -0.3 is 10.1 Å². The van der Waals surface area contributed by atoms with Crippen LogP contribution in [0.25, 0.3) is 0 Å². The van der Waals surface area contributed by atoms with Crippen molar-refractivity contribution in [3.05, 3.63) is 47.8 Å². The highest BCUT2D eigenvalue weighted by Gasteiger charge is 2.33. The molecule has 1 fully saturated rings. The highest BCUT2D eigenvalue weighted by atomic mass is 35.5. The van der Waals surface area contributed by atoms with Crippen LogP contribution in [0.15, 0.2) is 36.7 Å². The fourth-order valence-corrected chi connectivity index (χ4v) is 2.75. The normalized spacial score (nSPS) is 15.8. The third-order valence-corrected chi connectivity index (χ3v) is 3.98. The van der Waals surface area contributed by atoms with E-state index in [-0.39, 0.29) is 24.6 Å². The molecule has 2 aromatic rings. The molecule has 24 heavy (non-hydrogen) atoms. The smallest absolute Gasteiger partial charge is 0.416 e. The van der Waals surface area contributed by atoms with Gasteiger partial charge in [0.1, 0.15) is 6.61 Å². The van der Waals surface area contributed by atoms with Gasteiger partial charge in [0.2, 0.25) is 0 Å². The van der Waals surface area contributed by atoms with Crippen molar-refractivity contribution in [1.82, 2.24) is 15.1 Å². The van der Waals surface area contributed by atoms with E-state index in [1.54, 1.807) is 18.5 Å². The predicted octanol–water partition coefficient (Wildman–Crippen LogP) is 3.83. The Balaban J connectivity index is 0.00000208. The molecule has 8 heteroatoms. The molecule has 0 saturated carbocycles. The molecule has 0 spiro atoms. The maximum Gasteiger partial charge on any atom is 0.416 e. The van der Waals surface area contributed by atoms with Crippen LogP contribution in [0.4, 0.5) is 13.2 Å². The molecule has 132 valence electrons. The van der Waals surface area contributed by atoms with E-state index in [2.05, 4.69) is 10.4 Å². The summed E-state index contributed by atoms with van der Waals surface area (Å²) in [4.78, 5) is 0. The van der Waals surface area contributed by atoms with Gasteiger partial charge in [0.05, 0.1) is 24.0 Å². The molecule has 2 heterocycles. The lowest BCUT2D eigenvalue weighted by atomic mass is 10.1. The van der Waals surface area contributed by atoms with Gasteiger partial charge in [-0.25, -0.2) is 0 Å². The Kier molecular flexibility index (Phi) is 6.12. The molecule has 1 N–H and O–H groups in total. The number of aromatic nitrogens is 2. The van der Waals surface area contributed by atoms with Gasteiger partial charge in [-0.15, -0.1) is 12.4 Å². The molecule has 1 aliphatic rings. The summed E-state index contributed by atoms with van der Waals surface area (Å²) in [5, 5.41) is 7.54. The second kappa shape index (κ2) is 7.90. The van der Waals surface area contributed by atoms with Crippen molar-refractivity contribution in [2.24, 2.45) is 0 Å². The quantitative estimate of drug-likeness (QED) is 0.899. The highest BCUT2D eigenvalue weighted by molar-refractivity contribution is 5.85. The van der Waals surface area contributed by atoms with E-state index in [1.165, 1.54) is 12.1 Å². The van der Waals surface area contributed by atoms with Crippen LogP contribution in [-0.2, 0) is 12.8 Å². The van der Waals surface area contributed by atoms with E-state index in [1.807, 2.05) is 4.68 Å². The number of rotatable bonds is 4. The minimum atomic E-state index is -4.38. The Hall–Kier alpha value is -1.73. The Morgan fingerprint density at radius 1 is 1.21 bits per heavy atom. The van der Waals surface area contributed by atoms with Crippen LogP contribution in [0, 0.1) is 0 Å². The first kappa shape index (κ1) is 18.6. The SMILES string of the molecule is Cl.FC(F)(F)c1ccccc1COc1cnn(C2CCNCC2)c1. The van der Waals surface area contributed by atoms with Gasteiger partial charge in [-0.05, 0) is 32.0 Å². The van der Waals surface area contributed by atoms with Crippen molar-refractivity contribution >= 4 is 12.4 Å². The molecule has 1 saturated heterocycles. The summed E-state index contributed by atoms with van der Waals surface area (Å²) in [5.74, 6) is 0.487. The molecule has 3 rings (SSSR count). The summed E-state index contributed by atoms with van der Waals surface area (Å²) in [5.41, 5.74) is -0.541. The second-order valence-electron chi connectivity index (χ2n) is 5.58. The lowest BCUT2D eigenvalue weighted by molar-refractivity contribution is -0.138. The predicted molar refractivity (Wildman–Crippen MR) is 86.4 cm³/mol. The van der Waals surface area contributed by atoms with Crippen LogP contribution in [0.5, 0.6) is 5.75 Å². The Morgan fingerprint density at radius 2 is 1.92 bits per heavy atom. The summed E-state index contributed by atoms with van der Waals surface area (Å²) in [6.07, 6.45) is 0.902. The molecule has 1 aromatic heterocycles. The zero-order valence-corrected chi connectivity index (χ0v) is 13.7. The van der Waals surface area contributed by atoms with Crippen molar-refractivity contribution in [3.63, 3.8) is 0 Å². The number of hydrogen-bond donors (Lipinski definition) is 1. The van der Waals surface area contributed by atoms with E-state index in [9.17, 15) is 13.2 Å². The minimum absolute atomic E-state index is 0. The first-order valence-electron chi connectivity index (χ1n) is 7.57. The number of hydrogen-bond acceptors (Lipinski definition) is 3. The number of nitrogens with zero attached hydrogens (tertiary/aromatic N) is 2. The Morgan fingerprint density at radius 3 is 2.62 bits per heavy atom. The molecule has 0 aliphatic carbocycles. The van der Waals surface area contributed by atoms with Crippen molar-refractivity contribution in [2.75, 3.05) is 13.1 Å². The number of ether oxygens (including phenoxy) is 1. The zero-order valence-electron chi connectivity index (χ0n) is 12.9. The molecule has 1 aliphatic heterocycles. The number of alkyl halides is 3. The lowest BCUT2D eigenvalue weighted by Crippen LogP contribution is -2.29. The van der Waals surface area contributed by atoms with Crippen molar-refractivity contribution < 1.29 is 17.9 Å². The van der Waals surface area contributed by atoms with Crippen molar-refractivity contribution in [1.29, 1.82) is 0 Å². The summed E-state index contributed by atoms with van der Waals surface area (Å²) < 4.78 is 46.2. The summed E-state index contributed by atoms with van der Waals surface area (Å²) in [7, 11) is 0.